The summed E-state index contributed by atoms with van der Waals surface area (Å²) in [7, 11) is 0. The fourth-order valence-corrected chi connectivity index (χ4v) is 3.77. The normalized spacial score (nSPS) is 16.0. The van der Waals surface area contributed by atoms with Crippen LogP contribution >= 0.6 is 11.3 Å². The maximum atomic E-state index is 12.1. The monoisotopic (exact) mass is 357 g/mol. The maximum absolute atomic E-state index is 12.1. The summed E-state index contributed by atoms with van der Waals surface area (Å²) in [6.07, 6.45) is 2.92. The van der Waals surface area contributed by atoms with Crippen molar-refractivity contribution in [3.63, 3.8) is 0 Å². The van der Waals surface area contributed by atoms with Crippen LogP contribution in [0.3, 0.4) is 0 Å². The Morgan fingerprint density at radius 1 is 1.16 bits per heavy atom. The van der Waals surface area contributed by atoms with Crippen LogP contribution in [0.2, 0.25) is 0 Å². The first kappa shape index (κ1) is 17.4. The van der Waals surface area contributed by atoms with Gasteiger partial charge in [-0.1, -0.05) is 24.3 Å². The molecular formula is C19H19NO4S. The highest BCUT2D eigenvalue weighted by atomic mass is 32.1. The van der Waals surface area contributed by atoms with Crippen LogP contribution in [0, 0.1) is 0 Å². The molecule has 1 amide bonds. The van der Waals surface area contributed by atoms with Gasteiger partial charge in [-0.25, -0.2) is 4.79 Å². The molecule has 0 aliphatic heterocycles. The molecule has 25 heavy (non-hydrogen) atoms. The van der Waals surface area contributed by atoms with E-state index in [2.05, 4.69) is 11.4 Å². The molecule has 130 valence electrons. The predicted octanol–water partition coefficient (Wildman–Crippen LogP) is 3.30. The zero-order chi connectivity index (χ0) is 17.8. The topological polar surface area (TPSA) is 72.5 Å². The summed E-state index contributed by atoms with van der Waals surface area (Å²) in [4.78, 5) is 36.2. The van der Waals surface area contributed by atoms with E-state index in [4.69, 9.17) is 4.74 Å². The van der Waals surface area contributed by atoms with Crippen molar-refractivity contribution in [1.29, 1.82) is 0 Å². The summed E-state index contributed by atoms with van der Waals surface area (Å²) in [5.74, 6) is -1.01. The molecular weight excluding hydrogens is 338 g/mol. The lowest BCUT2D eigenvalue weighted by Gasteiger charge is -2.26. The highest BCUT2D eigenvalue weighted by Crippen LogP contribution is 2.29. The third-order valence-corrected chi connectivity index (χ3v) is 5.36. The summed E-state index contributed by atoms with van der Waals surface area (Å²) in [5, 5.41) is 2.94. The van der Waals surface area contributed by atoms with Crippen LogP contribution in [-0.2, 0) is 16.0 Å². The molecule has 0 fully saturated rings. The van der Waals surface area contributed by atoms with E-state index in [1.54, 1.807) is 12.1 Å². The molecule has 0 saturated carbocycles. The van der Waals surface area contributed by atoms with Gasteiger partial charge in [-0.2, -0.15) is 0 Å². The van der Waals surface area contributed by atoms with E-state index in [0.29, 0.717) is 9.75 Å². The number of Topliss-reactive ketones (excluding diaryl/α,β-unsaturated/α-hetero) is 1. The first-order valence-corrected chi connectivity index (χ1v) is 9.01. The molecule has 1 aliphatic rings. The number of ketones is 1. The van der Waals surface area contributed by atoms with Crippen LogP contribution in [0.4, 0.5) is 0 Å². The van der Waals surface area contributed by atoms with Crippen LogP contribution in [0.15, 0.2) is 36.4 Å². The van der Waals surface area contributed by atoms with E-state index in [0.717, 1.165) is 36.2 Å². The Morgan fingerprint density at radius 2 is 1.92 bits per heavy atom. The molecule has 1 aromatic heterocycles. The van der Waals surface area contributed by atoms with E-state index in [-0.39, 0.29) is 24.3 Å². The number of carbonyl (C=O) groups is 3. The molecule has 3 rings (SSSR count). The Morgan fingerprint density at radius 3 is 2.68 bits per heavy atom. The summed E-state index contributed by atoms with van der Waals surface area (Å²) in [5.41, 5.74) is 2.39. The smallest absolute Gasteiger partial charge is 0.348 e. The Bertz CT molecular complexity index is 811. The summed E-state index contributed by atoms with van der Waals surface area (Å²) in [6.45, 7) is 1.11. The third kappa shape index (κ3) is 4.14. The molecule has 2 aromatic rings. The fraction of sp³-hybridized carbons (Fsp3) is 0.316. The average molecular weight is 357 g/mol. The molecule has 1 N–H and O–H groups in total. The Labute approximate surface area is 150 Å². The van der Waals surface area contributed by atoms with Gasteiger partial charge in [0, 0.05) is 0 Å². The molecule has 0 bridgehead atoms. The number of thiophene rings is 1. The fourth-order valence-electron chi connectivity index (χ4n) is 2.98. The zero-order valence-corrected chi connectivity index (χ0v) is 14.7. The largest absolute Gasteiger partial charge is 0.451 e. The van der Waals surface area contributed by atoms with Gasteiger partial charge in [0.05, 0.1) is 10.9 Å². The van der Waals surface area contributed by atoms with Crippen LogP contribution < -0.4 is 5.32 Å². The Balaban J connectivity index is 1.55. The second-order valence-electron chi connectivity index (χ2n) is 6.01. The van der Waals surface area contributed by atoms with Gasteiger partial charge in [0.1, 0.15) is 4.88 Å². The van der Waals surface area contributed by atoms with Crippen LogP contribution in [-0.4, -0.2) is 24.3 Å². The van der Waals surface area contributed by atoms with Crippen LogP contribution in [0.5, 0.6) is 0 Å². The summed E-state index contributed by atoms with van der Waals surface area (Å²) < 4.78 is 5.06. The van der Waals surface area contributed by atoms with Gasteiger partial charge in [0.2, 0.25) is 0 Å². The lowest BCUT2D eigenvalue weighted by atomic mass is 9.88. The van der Waals surface area contributed by atoms with Gasteiger partial charge >= 0.3 is 5.97 Å². The summed E-state index contributed by atoms with van der Waals surface area (Å²) >= 11 is 1.07. The molecule has 0 saturated heterocycles. The molecule has 1 aromatic carbocycles. The van der Waals surface area contributed by atoms with Gasteiger partial charge in [-0.15, -0.1) is 11.3 Å². The molecule has 1 unspecified atom stereocenters. The average Bonchev–Trinajstić information content (AvgIpc) is 3.10. The Kier molecular flexibility index (Phi) is 5.28. The number of nitrogens with one attached hydrogen (secondary N) is 1. The lowest BCUT2D eigenvalue weighted by Crippen LogP contribution is -2.34. The Hall–Kier alpha value is -2.47. The number of carbonyl (C=O) groups excluding carboxylic acids is 3. The third-order valence-electron chi connectivity index (χ3n) is 4.19. The van der Waals surface area contributed by atoms with Crippen LogP contribution in [0.25, 0.3) is 0 Å². The molecule has 1 aliphatic carbocycles. The van der Waals surface area contributed by atoms with Crippen molar-refractivity contribution in [1.82, 2.24) is 5.32 Å². The molecule has 0 radical (unpaired) electrons. The van der Waals surface area contributed by atoms with Crippen molar-refractivity contribution < 1.29 is 19.1 Å². The predicted molar refractivity (Wildman–Crippen MR) is 94.9 cm³/mol. The maximum Gasteiger partial charge on any atom is 0.348 e. The van der Waals surface area contributed by atoms with Crippen molar-refractivity contribution in [2.75, 3.05) is 6.61 Å². The molecule has 6 heteroatoms. The molecule has 1 atom stereocenters. The number of hydrogen-bond acceptors (Lipinski definition) is 5. The first-order valence-electron chi connectivity index (χ1n) is 8.19. The number of aryl methyl sites for hydroxylation is 1. The minimum atomic E-state index is -0.586. The quantitative estimate of drug-likeness (QED) is 0.658. The zero-order valence-electron chi connectivity index (χ0n) is 13.9. The number of benzene rings is 1. The van der Waals surface area contributed by atoms with Crippen molar-refractivity contribution in [2.45, 2.75) is 32.2 Å². The second-order valence-corrected chi connectivity index (χ2v) is 7.09. The van der Waals surface area contributed by atoms with E-state index in [9.17, 15) is 14.4 Å². The highest BCUT2D eigenvalue weighted by Gasteiger charge is 2.22. The number of ether oxygens (including phenoxy) is 1. The van der Waals surface area contributed by atoms with Gasteiger partial charge in [0.15, 0.2) is 12.4 Å². The molecule has 5 nitrogen and oxygen atoms in total. The summed E-state index contributed by atoms with van der Waals surface area (Å²) in [6, 6.07) is 11.2. The van der Waals surface area contributed by atoms with E-state index in [1.165, 1.54) is 12.5 Å². The van der Waals surface area contributed by atoms with Crippen molar-refractivity contribution >= 4 is 29.0 Å². The van der Waals surface area contributed by atoms with E-state index >= 15 is 0 Å². The first-order chi connectivity index (χ1) is 12.0. The van der Waals surface area contributed by atoms with Crippen molar-refractivity contribution in [3.05, 3.63) is 57.3 Å². The number of esters is 1. The van der Waals surface area contributed by atoms with Gasteiger partial charge < -0.3 is 10.1 Å². The van der Waals surface area contributed by atoms with Crippen molar-refractivity contribution in [3.8, 4) is 0 Å². The number of fused-ring (bicyclic) bond motifs is 1. The van der Waals surface area contributed by atoms with Crippen LogP contribution in [0.1, 0.15) is 56.3 Å². The van der Waals surface area contributed by atoms with Gasteiger partial charge in [-0.05, 0) is 49.4 Å². The van der Waals surface area contributed by atoms with E-state index in [1.807, 2.05) is 18.2 Å². The number of amides is 1. The SMILES string of the molecule is CC(=O)c1ccc(C(=O)OCC(=O)NC2CCCc3ccccc32)s1. The van der Waals surface area contributed by atoms with Gasteiger partial charge in [-0.3, -0.25) is 9.59 Å². The van der Waals surface area contributed by atoms with Gasteiger partial charge in [0.25, 0.3) is 5.91 Å². The molecule has 1 heterocycles. The molecule has 0 spiro atoms. The second kappa shape index (κ2) is 7.61. The minimum absolute atomic E-state index is 0.0396. The minimum Gasteiger partial charge on any atom is -0.451 e. The van der Waals surface area contributed by atoms with E-state index < -0.39 is 5.97 Å². The lowest BCUT2D eigenvalue weighted by molar-refractivity contribution is -0.125. The number of hydrogen-bond donors (Lipinski definition) is 1. The standard InChI is InChI=1S/C19H19NO4S/c1-12(21)16-9-10-17(25-16)19(23)24-11-18(22)20-15-8-4-6-13-5-2-3-7-14(13)15/h2-3,5,7,9-10,15H,4,6,8,11H2,1H3,(H,20,22). The van der Waals surface area contributed by atoms with Crippen molar-refractivity contribution in [2.24, 2.45) is 0 Å². The highest BCUT2D eigenvalue weighted by molar-refractivity contribution is 7.15. The number of rotatable bonds is 5.